The molecule has 2 heterocycles. The van der Waals surface area contributed by atoms with Gasteiger partial charge in [-0.15, -0.1) is 10.2 Å². The lowest BCUT2D eigenvalue weighted by Gasteiger charge is -2.31. The summed E-state index contributed by atoms with van der Waals surface area (Å²) in [5.41, 5.74) is 0.983. The van der Waals surface area contributed by atoms with Crippen molar-refractivity contribution in [3.63, 3.8) is 0 Å². The number of nitrogens with zero attached hydrogens (tertiary/aromatic N) is 5. The molecule has 2 atom stereocenters. The fourth-order valence-corrected chi connectivity index (χ4v) is 7.22. The molecule has 236 valence electrons. The lowest BCUT2D eigenvalue weighted by atomic mass is 10.1. The van der Waals surface area contributed by atoms with Crippen LogP contribution in [0.1, 0.15) is 18.6 Å². The maximum Gasteiger partial charge on any atom is 0.246 e. The quantitative estimate of drug-likeness (QED) is 0.198. The highest BCUT2D eigenvalue weighted by Gasteiger charge is 2.39. The summed E-state index contributed by atoms with van der Waals surface area (Å²) in [7, 11) is -1.66. The Morgan fingerprint density at radius 3 is 2.11 bits per heavy atom. The average Bonchev–Trinajstić information content (AvgIpc) is 3.43. The van der Waals surface area contributed by atoms with E-state index < -0.39 is 35.3 Å². The minimum absolute atomic E-state index is 0.0381. The first kappa shape index (κ1) is 32.9. The molecule has 1 N–H and O–H groups in total. The summed E-state index contributed by atoms with van der Waals surface area (Å²) in [6.07, 6.45) is -1.45. The number of para-hydroxylation sites is 1. The van der Waals surface area contributed by atoms with Crippen molar-refractivity contribution in [1.82, 2.24) is 19.7 Å². The van der Waals surface area contributed by atoms with Crippen LogP contribution in [0, 0.1) is 5.82 Å². The van der Waals surface area contributed by atoms with Gasteiger partial charge in [-0.05, 0) is 48.9 Å². The summed E-state index contributed by atoms with van der Waals surface area (Å²) in [5.74, 6) is 0.744. The van der Waals surface area contributed by atoms with Gasteiger partial charge in [0.2, 0.25) is 21.9 Å². The maximum atomic E-state index is 14.5. The van der Waals surface area contributed by atoms with E-state index in [1.807, 2.05) is 0 Å². The second-order valence-electron chi connectivity index (χ2n) is 11.4. The van der Waals surface area contributed by atoms with Crippen LogP contribution < -0.4 is 18.5 Å². The fraction of sp³-hybridized carbons (Fsp3) is 0.367. The molecule has 4 rings (SSSR count). The van der Waals surface area contributed by atoms with Gasteiger partial charge in [0, 0.05) is 20.7 Å². The normalized spacial score (nSPS) is 13.3. The molecule has 4 aromatic rings. The van der Waals surface area contributed by atoms with Crippen LogP contribution in [0.2, 0.25) is 25.7 Å². The van der Waals surface area contributed by atoms with Crippen LogP contribution in [0.4, 0.5) is 10.3 Å². The Morgan fingerprint density at radius 1 is 0.932 bits per heavy atom. The zero-order valence-corrected chi connectivity index (χ0v) is 27.7. The predicted octanol–water partition coefficient (Wildman–Crippen LogP) is 5.09. The number of sulfonamides is 1. The Labute approximate surface area is 258 Å². The summed E-state index contributed by atoms with van der Waals surface area (Å²) in [4.78, 5) is 4.53. The van der Waals surface area contributed by atoms with Crippen molar-refractivity contribution in [1.29, 1.82) is 0 Å². The van der Waals surface area contributed by atoms with Gasteiger partial charge in [0.05, 0.1) is 27.4 Å². The Kier molecular flexibility index (Phi) is 9.96. The topological polar surface area (TPSA) is 129 Å². The fourth-order valence-electron chi connectivity index (χ4n) is 4.59. The van der Waals surface area contributed by atoms with Crippen molar-refractivity contribution in [3.05, 3.63) is 72.0 Å². The minimum atomic E-state index is -4.32. The molecule has 0 aliphatic carbocycles. The Balaban J connectivity index is 1.99. The van der Waals surface area contributed by atoms with E-state index in [2.05, 4.69) is 34.8 Å². The number of hydrogen-bond donors (Lipinski definition) is 1. The first-order valence-corrected chi connectivity index (χ1v) is 19.2. The molecule has 0 amide bonds. The number of aliphatic hydroxyl groups excluding tert-OH is 1. The summed E-state index contributed by atoms with van der Waals surface area (Å²) < 4.78 is 62.1. The third-order valence-corrected chi connectivity index (χ3v) is 11.0. The summed E-state index contributed by atoms with van der Waals surface area (Å²) in [6.45, 7) is 7.88. The zero-order valence-electron chi connectivity index (χ0n) is 25.9. The van der Waals surface area contributed by atoms with Crippen molar-refractivity contribution >= 4 is 24.0 Å². The molecule has 0 fully saturated rings. The SMILES string of the molecule is COc1cccc(-c2nnc(N(CC[Si](C)(C)C)S(=O)(=O)[C@@H](C)[C@@H](O)c3ccc(F)cc3)n2-c2c(OC)cccc2OC)n1. The van der Waals surface area contributed by atoms with E-state index in [4.69, 9.17) is 14.2 Å². The number of hydrogen-bond acceptors (Lipinski definition) is 9. The summed E-state index contributed by atoms with van der Waals surface area (Å²) in [6, 6.07) is 16.0. The van der Waals surface area contributed by atoms with Crippen molar-refractivity contribution in [2.75, 3.05) is 32.2 Å². The first-order valence-electron chi connectivity index (χ1n) is 14.0. The van der Waals surface area contributed by atoms with Crippen LogP contribution >= 0.6 is 0 Å². The molecule has 0 saturated heterocycles. The number of methoxy groups -OCH3 is 3. The van der Waals surface area contributed by atoms with Crippen LogP contribution in [-0.2, 0) is 10.0 Å². The number of aliphatic hydroxyl groups is 1. The van der Waals surface area contributed by atoms with E-state index in [0.717, 1.165) is 0 Å². The lowest BCUT2D eigenvalue weighted by Crippen LogP contribution is -2.44. The average molecular weight is 644 g/mol. The molecule has 0 aliphatic rings. The number of rotatable bonds is 13. The van der Waals surface area contributed by atoms with Gasteiger partial charge in [0.15, 0.2) is 5.82 Å². The van der Waals surface area contributed by atoms with Gasteiger partial charge in [-0.3, -0.25) is 4.57 Å². The van der Waals surface area contributed by atoms with Gasteiger partial charge < -0.3 is 19.3 Å². The molecule has 11 nitrogen and oxygen atoms in total. The Hall–Kier alpha value is -4.01. The summed E-state index contributed by atoms with van der Waals surface area (Å²) in [5, 5.41) is 18.7. The third kappa shape index (κ3) is 6.87. The highest BCUT2D eigenvalue weighted by atomic mass is 32.2. The highest BCUT2D eigenvalue weighted by Crippen LogP contribution is 2.40. The molecule has 44 heavy (non-hydrogen) atoms. The highest BCUT2D eigenvalue weighted by molar-refractivity contribution is 7.93. The Bertz CT molecular complexity index is 1670. The molecule has 0 unspecified atom stereocenters. The molecule has 0 radical (unpaired) electrons. The van der Waals surface area contributed by atoms with Gasteiger partial charge in [-0.2, -0.15) is 0 Å². The monoisotopic (exact) mass is 643 g/mol. The van der Waals surface area contributed by atoms with Crippen molar-refractivity contribution in [2.45, 2.75) is 44.0 Å². The number of benzene rings is 2. The van der Waals surface area contributed by atoms with E-state index in [-0.39, 0.29) is 23.9 Å². The number of ether oxygens (including phenoxy) is 3. The standard InChI is InChI=1S/C30H38FN5O6SSi/c1-20(28(37)21-14-16-22(31)17-15-21)43(38,39)35(18-19-44(5,6)7)30-34-33-29(23-10-8-13-26(32-23)42-4)36(30)27-24(40-2)11-9-12-25(27)41-3/h8-17,20,28,37H,18-19H2,1-7H3/t20-,28+/m0/s1. The molecule has 0 saturated carbocycles. The number of anilines is 1. The van der Waals surface area contributed by atoms with Gasteiger partial charge in [0.25, 0.3) is 0 Å². The van der Waals surface area contributed by atoms with Gasteiger partial charge in [0.1, 0.15) is 33.9 Å². The smallest absolute Gasteiger partial charge is 0.246 e. The summed E-state index contributed by atoms with van der Waals surface area (Å²) >= 11 is 0. The van der Waals surface area contributed by atoms with Crippen LogP contribution in [0.3, 0.4) is 0 Å². The van der Waals surface area contributed by atoms with Gasteiger partial charge >= 0.3 is 0 Å². The molecular weight excluding hydrogens is 606 g/mol. The van der Waals surface area contributed by atoms with E-state index in [1.54, 1.807) is 36.4 Å². The Morgan fingerprint density at radius 2 is 1.55 bits per heavy atom. The van der Waals surface area contributed by atoms with Gasteiger partial charge in [-0.25, -0.2) is 22.1 Å². The third-order valence-electron chi connectivity index (χ3n) is 7.15. The molecule has 2 aromatic carbocycles. The largest absolute Gasteiger partial charge is 0.494 e. The maximum absolute atomic E-state index is 14.5. The van der Waals surface area contributed by atoms with Gasteiger partial charge in [-0.1, -0.05) is 43.9 Å². The minimum Gasteiger partial charge on any atom is -0.494 e. The second kappa shape index (κ2) is 13.3. The number of halogens is 1. The molecule has 14 heteroatoms. The van der Waals surface area contributed by atoms with Crippen LogP contribution in [0.5, 0.6) is 17.4 Å². The van der Waals surface area contributed by atoms with E-state index in [0.29, 0.717) is 34.8 Å². The molecule has 0 bridgehead atoms. The van der Waals surface area contributed by atoms with Crippen LogP contribution in [-0.4, -0.2) is 74.5 Å². The van der Waals surface area contributed by atoms with Crippen molar-refractivity contribution in [2.24, 2.45) is 0 Å². The first-order chi connectivity index (χ1) is 20.8. The van der Waals surface area contributed by atoms with Crippen molar-refractivity contribution < 1.29 is 32.1 Å². The second-order valence-corrected chi connectivity index (χ2v) is 19.2. The van der Waals surface area contributed by atoms with Crippen molar-refractivity contribution in [3.8, 4) is 34.6 Å². The molecule has 2 aromatic heterocycles. The molecular formula is C30H38FN5O6SSi. The van der Waals surface area contributed by atoms with Crippen LogP contribution in [0.25, 0.3) is 17.2 Å². The molecule has 0 spiro atoms. The number of pyridine rings is 1. The number of aromatic nitrogens is 4. The molecule has 0 aliphatic heterocycles. The zero-order chi connectivity index (χ0) is 32.2. The van der Waals surface area contributed by atoms with Crippen LogP contribution in [0.15, 0.2) is 60.7 Å². The van der Waals surface area contributed by atoms with E-state index in [1.165, 1.54) is 61.4 Å². The van der Waals surface area contributed by atoms with E-state index in [9.17, 15) is 17.9 Å². The lowest BCUT2D eigenvalue weighted by molar-refractivity contribution is 0.175. The predicted molar refractivity (Wildman–Crippen MR) is 169 cm³/mol. The van der Waals surface area contributed by atoms with E-state index >= 15 is 0 Å².